The monoisotopic (exact) mass is 478 g/mol. The summed E-state index contributed by atoms with van der Waals surface area (Å²) in [7, 11) is -9.84. The molecule has 0 unspecified atom stereocenters. The summed E-state index contributed by atoms with van der Waals surface area (Å²) in [4.78, 5) is 21.4. The van der Waals surface area contributed by atoms with Crippen LogP contribution in [0, 0.1) is 0 Å². The molecule has 0 aliphatic rings. The third-order valence-electron chi connectivity index (χ3n) is 4.26. The Kier molecular flexibility index (Phi) is 6.14. The van der Waals surface area contributed by atoms with Gasteiger partial charge in [0.25, 0.3) is 20.2 Å². The lowest BCUT2D eigenvalue weighted by Gasteiger charge is -2.13. The maximum absolute atomic E-state index is 12.3. The van der Waals surface area contributed by atoms with Crippen molar-refractivity contribution in [2.75, 3.05) is 0 Å². The van der Waals surface area contributed by atoms with E-state index in [0.29, 0.717) is 17.9 Å². The largest absolute Gasteiger partial charge is 0.508 e. The molecule has 0 aliphatic heterocycles. The Bertz CT molecular complexity index is 1420. The van der Waals surface area contributed by atoms with E-state index >= 15 is 0 Å². The van der Waals surface area contributed by atoms with Gasteiger partial charge in [-0.25, -0.2) is 4.79 Å². The van der Waals surface area contributed by atoms with Crippen LogP contribution in [0.1, 0.15) is 20.7 Å². The molecule has 12 heteroatoms. The summed E-state index contributed by atoms with van der Waals surface area (Å²) < 4.78 is 71.5. The average Bonchev–Trinajstić information content (AvgIpc) is 2.72. The number of carbonyl (C=O) groups excluding carboxylic acids is 2. The second-order valence-corrected chi connectivity index (χ2v) is 9.20. The summed E-state index contributed by atoms with van der Waals surface area (Å²) in [6, 6.07) is 11.2. The molecule has 0 bridgehead atoms. The molecule has 3 aromatic rings. The molecule has 0 amide bonds. The van der Waals surface area contributed by atoms with Gasteiger partial charge in [-0.15, -0.1) is 0 Å². The van der Waals surface area contributed by atoms with Crippen molar-refractivity contribution in [1.82, 2.24) is 0 Å². The maximum Gasteiger partial charge on any atom is 0.343 e. The third-order valence-corrected chi connectivity index (χ3v) is 6.04. The zero-order chi connectivity index (χ0) is 23.7. The first-order valence-electron chi connectivity index (χ1n) is 8.60. The van der Waals surface area contributed by atoms with Crippen LogP contribution in [-0.4, -0.2) is 43.3 Å². The average molecular weight is 478 g/mol. The lowest BCUT2D eigenvalue weighted by Crippen LogP contribution is -2.10. The first-order chi connectivity index (χ1) is 14.9. The van der Waals surface area contributed by atoms with Gasteiger partial charge in [0, 0.05) is 28.8 Å². The first-order valence-corrected chi connectivity index (χ1v) is 11.5. The highest BCUT2D eigenvalue weighted by molar-refractivity contribution is 7.86. The van der Waals surface area contributed by atoms with Crippen LogP contribution in [-0.2, 0) is 20.2 Å². The highest BCUT2D eigenvalue weighted by Crippen LogP contribution is 2.36. The molecule has 0 fully saturated rings. The van der Waals surface area contributed by atoms with Crippen LogP contribution < -0.4 is 4.74 Å². The molecule has 3 rings (SSSR count). The molecule has 0 aliphatic carbocycles. The molecule has 0 saturated carbocycles. The number of carbonyl (C=O) groups is 2. The molecular weight excluding hydrogens is 464 g/mol. The molecule has 0 atom stereocenters. The molecular formula is C20H14O10S2. The summed E-state index contributed by atoms with van der Waals surface area (Å²) in [6.45, 7) is 0. The Balaban J connectivity index is 2.09. The van der Waals surface area contributed by atoms with Gasteiger partial charge in [-0.05, 0) is 36.4 Å². The summed E-state index contributed by atoms with van der Waals surface area (Å²) in [6.07, 6.45) is 0.580. The Hall–Kier alpha value is -3.58. The van der Waals surface area contributed by atoms with Gasteiger partial charge in [-0.1, -0.05) is 12.1 Å². The lowest BCUT2D eigenvalue weighted by molar-refractivity contribution is 0.0734. The third kappa shape index (κ3) is 5.00. The minimum Gasteiger partial charge on any atom is -0.508 e. The van der Waals surface area contributed by atoms with Crippen molar-refractivity contribution in [1.29, 1.82) is 0 Å². The van der Waals surface area contributed by atoms with Gasteiger partial charge in [-0.3, -0.25) is 13.9 Å². The van der Waals surface area contributed by atoms with Crippen LogP contribution >= 0.6 is 0 Å². The normalized spacial score (nSPS) is 11.7. The van der Waals surface area contributed by atoms with Gasteiger partial charge in [0.2, 0.25) is 0 Å². The predicted octanol–water partition coefficient (Wildman–Crippen LogP) is 2.58. The van der Waals surface area contributed by atoms with Gasteiger partial charge < -0.3 is 9.84 Å². The number of benzene rings is 3. The fourth-order valence-corrected chi connectivity index (χ4v) is 4.26. The van der Waals surface area contributed by atoms with E-state index in [0.717, 1.165) is 30.3 Å². The zero-order valence-electron chi connectivity index (χ0n) is 15.9. The van der Waals surface area contributed by atoms with Crippen molar-refractivity contribution in [3.8, 4) is 22.6 Å². The van der Waals surface area contributed by atoms with Crippen molar-refractivity contribution < 1.29 is 45.4 Å². The van der Waals surface area contributed by atoms with Crippen LogP contribution in [0.2, 0.25) is 0 Å². The number of hydrogen-bond donors (Lipinski definition) is 3. The number of ether oxygens (including phenoxy) is 1. The highest BCUT2D eigenvalue weighted by atomic mass is 32.2. The molecule has 10 nitrogen and oxygen atoms in total. The molecule has 0 heterocycles. The number of phenolic OH excluding ortho intramolecular Hbond substituents is 1. The van der Waals surface area contributed by atoms with Crippen molar-refractivity contribution in [2.45, 2.75) is 9.79 Å². The topological polar surface area (TPSA) is 172 Å². The van der Waals surface area contributed by atoms with E-state index in [1.54, 1.807) is 0 Å². The van der Waals surface area contributed by atoms with Gasteiger partial charge in [0.1, 0.15) is 27.6 Å². The minimum absolute atomic E-state index is 0.0558. The zero-order valence-corrected chi connectivity index (χ0v) is 17.5. The number of aromatic hydroxyl groups is 1. The van der Waals surface area contributed by atoms with E-state index in [4.69, 9.17) is 4.74 Å². The number of hydrogen-bond acceptors (Lipinski definition) is 8. The van der Waals surface area contributed by atoms with Crippen LogP contribution in [0.25, 0.3) is 11.1 Å². The maximum atomic E-state index is 12.3. The second-order valence-electron chi connectivity index (χ2n) is 6.42. The standard InChI is InChI=1S/C20H14O10S2/c21-11-12-1-3-13(4-2-12)20(23)30-15-6-8-17(19(10-15)32(27,28)29)16-7-5-14(22)9-18(16)31(24,25)26/h1-11,22H,(H,24,25,26)(H,27,28,29). The number of esters is 1. The Labute approximate surface area is 182 Å². The van der Waals surface area contributed by atoms with Crippen LogP contribution in [0.4, 0.5) is 0 Å². The summed E-state index contributed by atoms with van der Waals surface area (Å²) >= 11 is 0. The molecule has 32 heavy (non-hydrogen) atoms. The molecule has 0 radical (unpaired) electrons. The molecule has 0 aromatic heterocycles. The van der Waals surface area contributed by atoms with Gasteiger partial charge >= 0.3 is 5.97 Å². The summed E-state index contributed by atoms with van der Waals surface area (Å²) in [5, 5.41) is 9.54. The Morgan fingerprint density at radius 3 is 1.84 bits per heavy atom. The number of phenols is 1. The van der Waals surface area contributed by atoms with Crippen LogP contribution in [0.5, 0.6) is 11.5 Å². The van der Waals surface area contributed by atoms with Crippen LogP contribution in [0.15, 0.2) is 70.5 Å². The highest BCUT2D eigenvalue weighted by Gasteiger charge is 2.25. The van der Waals surface area contributed by atoms with E-state index in [2.05, 4.69) is 0 Å². The Morgan fingerprint density at radius 2 is 1.31 bits per heavy atom. The van der Waals surface area contributed by atoms with Gasteiger partial charge in [0.05, 0.1) is 5.56 Å². The SMILES string of the molecule is O=Cc1ccc(C(=O)Oc2ccc(-c3ccc(O)cc3S(=O)(=O)O)c(S(=O)(=O)O)c2)cc1. The van der Waals surface area contributed by atoms with Gasteiger partial charge in [0.15, 0.2) is 0 Å². The van der Waals surface area contributed by atoms with Crippen molar-refractivity contribution in [2.24, 2.45) is 0 Å². The smallest absolute Gasteiger partial charge is 0.343 e. The quantitative estimate of drug-likeness (QED) is 0.207. The Morgan fingerprint density at radius 1 is 0.781 bits per heavy atom. The van der Waals surface area contributed by atoms with Gasteiger partial charge in [-0.2, -0.15) is 16.8 Å². The fourth-order valence-electron chi connectivity index (χ4n) is 2.81. The van der Waals surface area contributed by atoms with Crippen molar-refractivity contribution >= 4 is 32.5 Å². The molecule has 0 spiro atoms. The first kappa shape index (κ1) is 23.1. The van der Waals surface area contributed by atoms with Crippen molar-refractivity contribution in [3.63, 3.8) is 0 Å². The molecule has 3 N–H and O–H groups in total. The van der Waals surface area contributed by atoms with E-state index in [1.807, 2.05) is 0 Å². The van der Waals surface area contributed by atoms with Crippen molar-refractivity contribution in [3.05, 3.63) is 71.8 Å². The second kappa shape index (κ2) is 8.51. The minimum atomic E-state index is -4.96. The van der Waals surface area contributed by atoms with E-state index in [9.17, 15) is 40.6 Å². The molecule has 3 aromatic carbocycles. The van der Waals surface area contributed by atoms with E-state index < -0.39 is 41.7 Å². The van der Waals surface area contributed by atoms with E-state index in [1.165, 1.54) is 24.3 Å². The summed E-state index contributed by atoms with van der Waals surface area (Å²) in [5.41, 5.74) is -0.293. The number of aldehydes is 1. The fraction of sp³-hybridized carbons (Fsp3) is 0. The number of rotatable bonds is 6. The lowest BCUT2D eigenvalue weighted by atomic mass is 10.1. The van der Waals surface area contributed by atoms with E-state index in [-0.39, 0.29) is 22.4 Å². The predicted molar refractivity (Wildman–Crippen MR) is 110 cm³/mol. The molecule has 166 valence electrons. The summed E-state index contributed by atoms with van der Waals surface area (Å²) in [5.74, 6) is -1.70. The van der Waals surface area contributed by atoms with Crippen LogP contribution in [0.3, 0.4) is 0 Å². The molecule has 0 saturated heterocycles.